The molecule has 0 radical (unpaired) electrons. The van der Waals surface area contributed by atoms with Crippen LogP contribution in [0.25, 0.3) is 10.9 Å². The number of imide groups is 1. The van der Waals surface area contributed by atoms with Gasteiger partial charge in [0.05, 0.1) is 13.2 Å². The maximum Gasteiger partial charge on any atom is 0.328 e. The van der Waals surface area contributed by atoms with Gasteiger partial charge in [0, 0.05) is 35.0 Å². The van der Waals surface area contributed by atoms with Crippen molar-refractivity contribution < 1.29 is 14.3 Å². The number of methoxy groups -OCH3 is 1. The van der Waals surface area contributed by atoms with Gasteiger partial charge in [0.25, 0.3) is 5.91 Å². The number of aromatic nitrogens is 1. The molecular weight excluding hydrogens is 414 g/mol. The van der Waals surface area contributed by atoms with Crippen LogP contribution >= 0.6 is 0 Å². The molecule has 172 valence electrons. The molecule has 3 amide bonds. The van der Waals surface area contributed by atoms with Crippen molar-refractivity contribution in [1.29, 1.82) is 0 Å². The van der Waals surface area contributed by atoms with Gasteiger partial charge in [-0.2, -0.15) is 0 Å². The lowest BCUT2D eigenvalue weighted by Crippen LogP contribution is -2.46. The van der Waals surface area contributed by atoms with Crippen molar-refractivity contribution in [3.8, 4) is 0 Å². The molecule has 1 aromatic heterocycles. The van der Waals surface area contributed by atoms with E-state index in [1.54, 1.807) is 12.0 Å². The standard InChI is InChI=1S/C27H31N3O3/c1-16-8-13-22-20(14-16)21-15-23-26(31)29(18-6-4-3-5-7-18)27(32)30(23)25(24(21)28-22)17-9-11-19(33-2)12-10-17/h8-9,11-14,17-18,23,25,28H,3-7,10,15H2,1-2H3. The fraction of sp³-hybridized carbons (Fsp3) is 0.481. The van der Waals surface area contributed by atoms with Gasteiger partial charge in [-0.3, -0.25) is 9.69 Å². The van der Waals surface area contributed by atoms with Crippen molar-refractivity contribution in [1.82, 2.24) is 14.8 Å². The average molecular weight is 446 g/mol. The van der Waals surface area contributed by atoms with E-state index in [9.17, 15) is 9.59 Å². The number of allylic oxidation sites excluding steroid dienone is 2. The van der Waals surface area contributed by atoms with E-state index in [0.29, 0.717) is 6.42 Å². The van der Waals surface area contributed by atoms with Crippen LogP contribution in [0.2, 0.25) is 0 Å². The van der Waals surface area contributed by atoms with Crippen molar-refractivity contribution >= 4 is 22.8 Å². The number of aryl methyl sites for hydroxylation is 1. The summed E-state index contributed by atoms with van der Waals surface area (Å²) in [6.07, 6.45) is 12.8. The van der Waals surface area contributed by atoms with Gasteiger partial charge in [-0.15, -0.1) is 0 Å². The number of ether oxygens (including phenoxy) is 1. The molecular formula is C27H31N3O3. The van der Waals surface area contributed by atoms with Crippen LogP contribution in [0, 0.1) is 12.8 Å². The van der Waals surface area contributed by atoms with E-state index < -0.39 is 6.04 Å². The van der Waals surface area contributed by atoms with E-state index in [-0.39, 0.29) is 29.9 Å². The molecule has 2 aliphatic carbocycles. The zero-order chi connectivity index (χ0) is 22.7. The Morgan fingerprint density at radius 1 is 1.12 bits per heavy atom. The molecule has 2 aliphatic heterocycles. The highest BCUT2D eigenvalue weighted by Crippen LogP contribution is 2.47. The van der Waals surface area contributed by atoms with Crippen LogP contribution in [0.5, 0.6) is 0 Å². The first-order chi connectivity index (χ1) is 16.1. The number of H-pyrrole nitrogens is 1. The highest BCUT2D eigenvalue weighted by atomic mass is 16.5. The third-order valence-corrected chi connectivity index (χ3v) is 8.05. The van der Waals surface area contributed by atoms with Crippen LogP contribution in [0.3, 0.4) is 0 Å². The lowest BCUT2D eigenvalue weighted by molar-refractivity contribution is -0.130. The minimum absolute atomic E-state index is 0.00235. The summed E-state index contributed by atoms with van der Waals surface area (Å²) in [5, 5.41) is 1.18. The molecule has 33 heavy (non-hydrogen) atoms. The number of carbonyl (C=O) groups is 2. The molecule has 1 N–H and O–H groups in total. The number of hydrogen-bond acceptors (Lipinski definition) is 3. The van der Waals surface area contributed by atoms with Crippen LogP contribution in [0.1, 0.15) is 61.4 Å². The van der Waals surface area contributed by atoms with Crippen molar-refractivity contribution in [2.75, 3.05) is 7.11 Å². The fourth-order valence-electron chi connectivity index (χ4n) is 6.42. The number of aromatic amines is 1. The van der Waals surface area contributed by atoms with Crippen molar-refractivity contribution in [2.24, 2.45) is 5.92 Å². The largest absolute Gasteiger partial charge is 0.497 e. The molecule has 1 saturated carbocycles. The summed E-state index contributed by atoms with van der Waals surface area (Å²) in [5.74, 6) is 0.930. The van der Waals surface area contributed by atoms with E-state index in [2.05, 4.69) is 42.3 Å². The minimum Gasteiger partial charge on any atom is -0.497 e. The monoisotopic (exact) mass is 445 g/mol. The number of urea groups is 1. The smallest absolute Gasteiger partial charge is 0.328 e. The van der Waals surface area contributed by atoms with Crippen molar-refractivity contribution in [3.63, 3.8) is 0 Å². The lowest BCUT2D eigenvalue weighted by Gasteiger charge is -2.40. The summed E-state index contributed by atoms with van der Waals surface area (Å²) in [6.45, 7) is 2.10. The number of rotatable bonds is 3. The van der Waals surface area contributed by atoms with Gasteiger partial charge in [0.15, 0.2) is 0 Å². The first kappa shape index (κ1) is 20.6. The highest BCUT2D eigenvalue weighted by molar-refractivity contribution is 6.06. The number of nitrogens with one attached hydrogen (secondary N) is 1. The quantitative estimate of drug-likeness (QED) is 0.665. The molecule has 4 aliphatic rings. The first-order valence-electron chi connectivity index (χ1n) is 12.3. The van der Waals surface area contributed by atoms with Crippen LogP contribution in [-0.2, 0) is 16.0 Å². The van der Waals surface area contributed by atoms with Gasteiger partial charge in [0.2, 0.25) is 0 Å². The summed E-state index contributed by atoms with van der Waals surface area (Å²) < 4.78 is 5.40. The third kappa shape index (κ3) is 3.14. The Balaban J connectivity index is 1.46. The first-order valence-corrected chi connectivity index (χ1v) is 12.3. The molecule has 0 bridgehead atoms. The van der Waals surface area contributed by atoms with Crippen molar-refractivity contribution in [2.45, 2.75) is 70.0 Å². The number of benzene rings is 1. The molecule has 6 heteroatoms. The van der Waals surface area contributed by atoms with Gasteiger partial charge in [0.1, 0.15) is 11.8 Å². The Labute approximate surface area is 194 Å². The summed E-state index contributed by atoms with van der Waals surface area (Å²) in [5.41, 5.74) is 4.56. The Morgan fingerprint density at radius 3 is 2.67 bits per heavy atom. The number of fused-ring (bicyclic) bond motifs is 4. The van der Waals surface area contributed by atoms with Gasteiger partial charge < -0.3 is 14.6 Å². The lowest BCUT2D eigenvalue weighted by atomic mass is 9.82. The highest BCUT2D eigenvalue weighted by Gasteiger charge is 2.55. The second kappa shape index (κ2) is 7.79. The van der Waals surface area contributed by atoms with E-state index in [1.165, 1.54) is 22.9 Å². The average Bonchev–Trinajstić information content (AvgIpc) is 3.32. The number of amides is 3. The van der Waals surface area contributed by atoms with Gasteiger partial charge >= 0.3 is 6.03 Å². The normalized spacial score (nSPS) is 27.7. The molecule has 2 fully saturated rings. The maximum absolute atomic E-state index is 13.9. The second-order valence-electron chi connectivity index (χ2n) is 9.99. The minimum atomic E-state index is -0.419. The van der Waals surface area contributed by atoms with Crippen molar-refractivity contribution in [3.05, 3.63) is 59.0 Å². The predicted molar refractivity (Wildman–Crippen MR) is 127 cm³/mol. The molecule has 0 spiro atoms. The Hall–Kier alpha value is -3.02. The zero-order valence-electron chi connectivity index (χ0n) is 19.3. The van der Waals surface area contributed by atoms with E-state index >= 15 is 0 Å². The van der Waals surface area contributed by atoms with Crippen LogP contribution in [0.4, 0.5) is 4.79 Å². The van der Waals surface area contributed by atoms with Crippen LogP contribution in [-0.4, -0.2) is 45.9 Å². The topological polar surface area (TPSA) is 65.6 Å². The SMILES string of the molecule is COC1=CCC(C2c3[nH]c4ccc(C)cc4c3CC3C(=O)N(C4CCCCC4)C(=O)N32)C=C1. The molecule has 1 saturated heterocycles. The van der Waals surface area contributed by atoms with E-state index in [0.717, 1.165) is 49.1 Å². The van der Waals surface area contributed by atoms with Crippen LogP contribution in [0.15, 0.2) is 42.2 Å². The Morgan fingerprint density at radius 2 is 1.94 bits per heavy atom. The zero-order valence-corrected chi connectivity index (χ0v) is 19.3. The number of carbonyl (C=O) groups excluding carboxylic acids is 2. The third-order valence-electron chi connectivity index (χ3n) is 8.05. The molecule has 1 aromatic carbocycles. The molecule has 6 rings (SSSR count). The summed E-state index contributed by atoms with van der Waals surface area (Å²) >= 11 is 0. The molecule has 2 aromatic rings. The number of hydrogen-bond donors (Lipinski definition) is 1. The Bertz CT molecular complexity index is 1190. The molecule has 3 atom stereocenters. The summed E-state index contributed by atoms with van der Waals surface area (Å²) in [7, 11) is 1.68. The Kier molecular flexibility index (Phi) is 4.86. The van der Waals surface area contributed by atoms with E-state index in [4.69, 9.17) is 4.74 Å². The molecule has 3 unspecified atom stereocenters. The van der Waals surface area contributed by atoms with Crippen LogP contribution < -0.4 is 0 Å². The van der Waals surface area contributed by atoms with Gasteiger partial charge in [-0.1, -0.05) is 37.0 Å². The van der Waals surface area contributed by atoms with E-state index in [1.807, 2.05) is 11.0 Å². The predicted octanol–water partition coefficient (Wildman–Crippen LogP) is 5.15. The second-order valence-corrected chi connectivity index (χ2v) is 9.99. The summed E-state index contributed by atoms with van der Waals surface area (Å²) in [4.78, 5) is 34.7. The molecule has 3 heterocycles. The fourth-order valence-corrected chi connectivity index (χ4v) is 6.42. The number of nitrogens with zero attached hydrogens (tertiary/aromatic N) is 2. The van der Waals surface area contributed by atoms with Gasteiger partial charge in [-0.25, -0.2) is 4.79 Å². The van der Waals surface area contributed by atoms with Gasteiger partial charge in [-0.05, 0) is 56.0 Å². The summed E-state index contributed by atoms with van der Waals surface area (Å²) in [6, 6.07) is 5.76. The molecule has 6 nitrogen and oxygen atoms in total. The maximum atomic E-state index is 13.9.